The number of carbonyl (C=O) groups is 1. The second kappa shape index (κ2) is 5.21. The van der Waals surface area contributed by atoms with Crippen LogP contribution in [0.5, 0.6) is 0 Å². The third-order valence-electron chi connectivity index (χ3n) is 1.45. The number of aromatic nitrogens is 1. The molecule has 1 heterocycles. The fraction of sp³-hybridized carbons (Fsp3) is 0.500. The summed E-state index contributed by atoms with van der Waals surface area (Å²) in [4.78, 5) is 11.3. The number of carbonyl (C=O) groups excluding carboxylic acids is 1. The molecule has 13 heavy (non-hydrogen) atoms. The van der Waals surface area contributed by atoms with Gasteiger partial charge in [0, 0.05) is 17.0 Å². The predicted molar refractivity (Wildman–Crippen MR) is 57.1 cm³/mol. The van der Waals surface area contributed by atoms with E-state index in [0.29, 0.717) is 6.54 Å². The van der Waals surface area contributed by atoms with Crippen LogP contribution in [-0.4, -0.2) is 22.0 Å². The third kappa shape index (κ3) is 3.33. The van der Waals surface area contributed by atoms with Crippen LogP contribution in [0.3, 0.4) is 0 Å². The van der Waals surface area contributed by atoms with Crippen molar-refractivity contribution >= 4 is 28.5 Å². The number of aryl methyl sites for hydroxylation is 1. The number of amides is 1. The van der Waals surface area contributed by atoms with Crippen LogP contribution in [0.25, 0.3) is 0 Å². The predicted octanol–water partition coefficient (Wildman–Crippen LogP) is 1.54. The van der Waals surface area contributed by atoms with Gasteiger partial charge < -0.3 is 9.84 Å². The van der Waals surface area contributed by atoms with Crippen molar-refractivity contribution in [3.63, 3.8) is 0 Å². The quantitative estimate of drug-likeness (QED) is 0.520. The molecular weight excluding hydrogens is 283 g/mol. The van der Waals surface area contributed by atoms with Crippen molar-refractivity contribution in [1.82, 2.24) is 10.5 Å². The number of nitrogens with one attached hydrogen (secondary N) is 1. The molecule has 0 saturated carbocycles. The van der Waals surface area contributed by atoms with Gasteiger partial charge in [-0.3, -0.25) is 4.79 Å². The van der Waals surface area contributed by atoms with Crippen LogP contribution in [0.4, 0.5) is 0 Å². The lowest BCUT2D eigenvalue weighted by atomic mass is 10.3. The lowest BCUT2D eigenvalue weighted by Crippen LogP contribution is -2.24. The summed E-state index contributed by atoms with van der Waals surface area (Å²) >= 11 is 2.27. The lowest BCUT2D eigenvalue weighted by Gasteiger charge is -1.98. The van der Waals surface area contributed by atoms with Gasteiger partial charge in [0.1, 0.15) is 0 Å². The normalized spacial score (nSPS) is 10.0. The fourth-order valence-corrected chi connectivity index (χ4v) is 1.21. The molecule has 0 atom stereocenters. The summed E-state index contributed by atoms with van der Waals surface area (Å²) in [7, 11) is 0. The molecule has 0 saturated heterocycles. The zero-order valence-corrected chi connectivity index (χ0v) is 9.50. The molecule has 1 rings (SSSR count). The number of alkyl halides is 1. The van der Waals surface area contributed by atoms with E-state index in [1.807, 2.05) is 0 Å². The third-order valence-corrected chi connectivity index (χ3v) is 2.21. The van der Waals surface area contributed by atoms with Crippen LogP contribution < -0.4 is 5.32 Å². The van der Waals surface area contributed by atoms with Crippen molar-refractivity contribution < 1.29 is 9.32 Å². The van der Waals surface area contributed by atoms with Crippen LogP contribution in [0.1, 0.15) is 22.7 Å². The van der Waals surface area contributed by atoms with Gasteiger partial charge in [-0.15, -0.1) is 0 Å². The zero-order chi connectivity index (χ0) is 9.68. The first-order valence-corrected chi connectivity index (χ1v) is 5.54. The van der Waals surface area contributed by atoms with E-state index in [2.05, 4.69) is 33.1 Å². The standard InChI is InChI=1S/C8H11IN2O2/c1-6-5-7(13-11-6)8(12)10-4-2-3-9/h5H,2-4H2,1H3,(H,10,12). The van der Waals surface area contributed by atoms with Gasteiger partial charge in [-0.1, -0.05) is 27.7 Å². The first-order valence-electron chi connectivity index (χ1n) is 4.01. The maximum absolute atomic E-state index is 11.3. The number of hydrogen-bond acceptors (Lipinski definition) is 3. The molecule has 0 fully saturated rings. The Balaban J connectivity index is 2.40. The first kappa shape index (κ1) is 10.5. The number of halogens is 1. The molecule has 4 nitrogen and oxygen atoms in total. The van der Waals surface area contributed by atoms with Crippen molar-refractivity contribution in [2.24, 2.45) is 0 Å². The first-order chi connectivity index (χ1) is 6.24. The SMILES string of the molecule is Cc1cc(C(=O)NCCCI)on1. The highest BCUT2D eigenvalue weighted by atomic mass is 127. The Morgan fingerprint density at radius 3 is 3.08 bits per heavy atom. The Labute approximate surface area is 90.2 Å². The molecule has 0 aromatic carbocycles. The van der Waals surface area contributed by atoms with E-state index in [4.69, 9.17) is 4.52 Å². The van der Waals surface area contributed by atoms with Crippen molar-refractivity contribution in [3.05, 3.63) is 17.5 Å². The molecule has 5 heteroatoms. The summed E-state index contributed by atoms with van der Waals surface area (Å²) in [6.45, 7) is 2.46. The lowest BCUT2D eigenvalue weighted by molar-refractivity contribution is 0.0917. The van der Waals surface area contributed by atoms with Crippen LogP contribution >= 0.6 is 22.6 Å². The summed E-state index contributed by atoms with van der Waals surface area (Å²) in [6.07, 6.45) is 0.972. The molecule has 0 aliphatic carbocycles. The molecule has 0 aliphatic heterocycles. The van der Waals surface area contributed by atoms with E-state index < -0.39 is 0 Å². The molecule has 0 radical (unpaired) electrons. The van der Waals surface area contributed by atoms with Crippen LogP contribution in [0.15, 0.2) is 10.6 Å². The fourth-order valence-electron chi connectivity index (χ4n) is 0.826. The van der Waals surface area contributed by atoms with Gasteiger partial charge in [-0.2, -0.15) is 0 Å². The van der Waals surface area contributed by atoms with E-state index in [-0.39, 0.29) is 11.7 Å². The Bertz CT molecular complexity index is 285. The van der Waals surface area contributed by atoms with Crippen LogP contribution in [0.2, 0.25) is 0 Å². The van der Waals surface area contributed by atoms with Crippen LogP contribution in [0, 0.1) is 6.92 Å². The summed E-state index contributed by atoms with van der Waals surface area (Å²) in [5, 5.41) is 6.36. The summed E-state index contributed by atoms with van der Waals surface area (Å²) in [5.74, 6) is 0.0939. The zero-order valence-electron chi connectivity index (χ0n) is 7.34. The van der Waals surface area contributed by atoms with Crippen LogP contribution in [-0.2, 0) is 0 Å². The van der Waals surface area contributed by atoms with E-state index in [1.165, 1.54) is 0 Å². The summed E-state index contributed by atoms with van der Waals surface area (Å²) in [6, 6.07) is 1.62. The Morgan fingerprint density at radius 2 is 2.54 bits per heavy atom. The number of rotatable bonds is 4. The number of hydrogen-bond donors (Lipinski definition) is 1. The van der Waals surface area contributed by atoms with E-state index in [0.717, 1.165) is 16.5 Å². The molecule has 0 bridgehead atoms. The van der Waals surface area contributed by atoms with Gasteiger partial charge >= 0.3 is 0 Å². The van der Waals surface area contributed by atoms with Crippen molar-refractivity contribution in [1.29, 1.82) is 0 Å². The van der Waals surface area contributed by atoms with Crippen molar-refractivity contribution in [3.8, 4) is 0 Å². The average Bonchev–Trinajstić information content (AvgIpc) is 2.52. The molecule has 1 aromatic heterocycles. The van der Waals surface area contributed by atoms with E-state index in [1.54, 1.807) is 13.0 Å². The maximum atomic E-state index is 11.3. The van der Waals surface area contributed by atoms with Gasteiger partial charge in [0.2, 0.25) is 5.76 Å². The minimum Gasteiger partial charge on any atom is -0.351 e. The molecule has 1 aromatic rings. The highest BCUT2D eigenvalue weighted by molar-refractivity contribution is 14.1. The largest absolute Gasteiger partial charge is 0.351 e. The molecule has 0 unspecified atom stereocenters. The van der Waals surface area contributed by atoms with Crippen molar-refractivity contribution in [2.75, 3.05) is 11.0 Å². The molecule has 1 amide bonds. The van der Waals surface area contributed by atoms with Gasteiger partial charge in [0.15, 0.2) is 0 Å². The highest BCUT2D eigenvalue weighted by Crippen LogP contribution is 2.01. The minimum atomic E-state index is -0.189. The summed E-state index contributed by atoms with van der Waals surface area (Å²) in [5.41, 5.74) is 0.721. The second-order valence-corrected chi connectivity index (χ2v) is 3.71. The molecule has 0 spiro atoms. The Morgan fingerprint density at radius 1 is 1.77 bits per heavy atom. The summed E-state index contributed by atoms with van der Waals surface area (Å²) < 4.78 is 5.83. The molecule has 72 valence electrons. The smallest absolute Gasteiger partial charge is 0.289 e. The van der Waals surface area contributed by atoms with Gasteiger partial charge in [-0.25, -0.2) is 0 Å². The average molecular weight is 294 g/mol. The van der Waals surface area contributed by atoms with Gasteiger partial charge in [0.25, 0.3) is 5.91 Å². The maximum Gasteiger partial charge on any atom is 0.289 e. The van der Waals surface area contributed by atoms with E-state index in [9.17, 15) is 4.79 Å². The molecular formula is C8H11IN2O2. The molecule has 0 aliphatic rings. The minimum absolute atomic E-state index is 0.189. The monoisotopic (exact) mass is 294 g/mol. The second-order valence-electron chi connectivity index (χ2n) is 2.63. The van der Waals surface area contributed by atoms with Crippen molar-refractivity contribution in [2.45, 2.75) is 13.3 Å². The number of nitrogens with zero attached hydrogens (tertiary/aromatic N) is 1. The van der Waals surface area contributed by atoms with Gasteiger partial charge in [0.05, 0.1) is 5.69 Å². The topological polar surface area (TPSA) is 55.1 Å². The Hall–Kier alpha value is -0.590. The van der Waals surface area contributed by atoms with Gasteiger partial charge in [-0.05, 0) is 13.3 Å². The highest BCUT2D eigenvalue weighted by Gasteiger charge is 2.09. The molecule has 1 N–H and O–H groups in total. The Kier molecular flexibility index (Phi) is 4.20. The van der Waals surface area contributed by atoms with E-state index >= 15 is 0 Å².